The minimum absolute atomic E-state index is 0.0277. The first-order valence-corrected chi connectivity index (χ1v) is 6.19. The molecule has 0 radical (unpaired) electrons. The predicted molar refractivity (Wildman–Crippen MR) is 60.0 cm³/mol. The van der Waals surface area contributed by atoms with E-state index in [1.54, 1.807) is 0 Å². The van der Waals surface area contributed by atoms with Gasteiger partial charge >= 0.3 is 12.2 Å². The van der Waals surface area contributed by atoms with Crippen molar-refractivity contribution in [3.63, 3.8) is 0 Å². The van der Waals surface area contributed by atoms with E-state index in [9.17, 15) is 22.8 Å². The molecule has 1 saturated carbocycles. The van der Waals surface area contributed by atoms with Crippen LogP contribution in [0.25, 0.3) is 0 Å². The number of rotatable bonds is 2. The van der Waals surface area contributed by atoms with Gasteiger partial charge < -0.3 is 16.0 Å². The van der Waals surface area contributed by atoms with Crippen LogP contribution < -0.4 is 11.1 Å². The van der Waals surface area contributed by atoms with Crippen LogP contribution in [0.5, 0.6) is 0 Å². The number of piperazine rings is 1. The second kappa shape index (κ2) is 4.90. The average Bonchev–Trinajstić information content (AvgIpc) is 2.22. The van der Waals surface area contributed by atoms with E-state index in [4.69, 9.17) is 5.73 Å². The second-order valence-electron chi connectivity index (χ2n) is 5.15. The van der Waals surface area contributed by atoms with Gasteiger partial charge in [0.1, 0.15) is 6.04 Å². The summed E-state index contributed by atoms with van der Waals surface area (Å²) in [6.07, 6.45) is -3.85. The van der Waals surface area contributed by atoms with E-state index in [-0.39, 0.29) is 31.1 Å². The molecule has 0 bridgehead atoms. The van der Waals surface area contributed by atoms with E-state index in [0.29, 0.717) is 13.1 Å². The van der Waals surface area contributed by atoms with Crippen molar-refractivity contribution in [2.45, 2.75) is 31.5 Å². The lowest BCUT2D eigenvalue weighted by molar-refractivity contribution is -0.205. The van der Waals surface area contributed by atoms with Crippen LogP contribution in [0.1, 0.15) is 19.3 Å². The lowest BCUT2D eigenvalue weighted by Gasteiger charge is -2.41. The van der Waals surface area contributed by atoms with Gasteiger partial charge in [-0.15, -0.1) is 0 Å². The molecule has 2 rings (SSSR count). The summed E-state index contributed by atoms with van der Waals surface area (Å²) in [7, 11) is 0. The van der Waals surface area contributed by atoms with Crippen molar-refractivity contribution < 1.29 is 22.8 Å². The maximum Gasteiger partial charge on any atom is 0.391 e. The Hall–Kier alpha value is -1.47. The molecule has 19 heavy (non-hydrogen) atoms. The van der Waals surface area contributed by atoms with Crippen molar-refractivity contribution in [1.29, 1.82) is 0 Å². The number of nitrogens with zero attached hydrogens (tertiary/aromatic N) is 1. The van der Waals surface area contributed by atoms with E-state index in [0.717, 1.165) is 0 Å². The molecule has 108 valence electrons. The molecule has 0 aromatic rings. The summed E-state index contributed by atoms with van der Waals surface area (Å²) in [6.45, 7) is 0.634. The molecule has 0 aromatic heterocycles. The number of carbonyl (C=O) groups excluding carboxylic acids is 2. The van der Waals surface area contributed by atoms with Gasteiger partial charge in [0, 0.05) is 13.1 Å². The largest absolute Gasteiger partial charge is 0.391 e. The summed E-state index contributed by atoms with van der Waals surface area (Å²) in [4.78, 5) is 24.1. The minimum Gasteiger partial charge on any atom is -0.353 e. The number of amides is 3. The van der Waals surface area contributed by atoms with Crippen LogP contribution in [0.2, 0.25) is 0 Å². The number of hydrogen-bond acceptors (Lipinski definition) is 2. The van der Waals surface area contributed by atoms with Gasteiger partial charge in [0.15, 0.2) is 0 Å². The Morgan fingerprint density at radius 1 is 1.42 bits per heavy atom. The second-order valence-corrected chi connectivity index (χ2v) is 5.15. The summed E-state index contributed by atoms with van der Waals surface area (Å²) in [5.74, 6) is -1.78. The molecule has 3 amide bonds. The zero-order valence-electron chi connectivity index (χ0n) is 10.2. The first kappa shape index (κ1) is 14.0. The third-order valence-electron chi connectivity index (χ3n) is 3.87. The average molecular weight is 279 g/mol. The van der Waals surface area contributed by atoms with Gasteiger partial charge in [-0.25, -0.2) is 4.79 Å². The molecule has 2 fully saturated rings. The van der Waals surface area contributed by atoms with Crippen LogP contribution >= 0.6 is 0 Å². The molecule has 1 aliphatic carbocycles. The maximum absolute atomic E-state index is 12.4. The first-order chi connectivity index (χ1) is 8.79. The summed E-state index contributed by atoms with van der Waals surface area (Å²) in [6, 6.07) is -1.43. The Kier molecular flexibility index (Phi) is 3.60. The number of nitrogens with one attached hydrogen (secondary N) is 1. The lowest BCUT2D eigenvalue weighted by Crippen LogP contribution is -2.59. The number of primary amides is 1. The molecular formula is C11H16F3N3O2. The van der Waals surface area contributed by atoms with E-state index in [1.165, 1.54) is 4.90 Å². The normalized spacial score (nSPS) is 31.6. The van der Waals surface area contributed by atoms with Gasteiger partial charge in [0.05, 0.1) is 5.92 Å². The summed E-state index contributed by atoms with van der Waals surface area (Å²) >= 11 is 0. The molecule has 8 heteroatoms. The highest BCUT2D eigenvalue weighted by Gasteiger charge is 2.49. The topological polar surface area (TPSA) is 75.4 Å². The van der Waals surface area contributed by atoms with Gasteiger partial charge in [0.2, 0.25) is 5.91 Å². The van der Waals surface area contributed by atoms with E-state index < -0.39 is 24.2 Å². The fraction of sp³-hybridized carbons (Fsp3) is 0.818. The molecule has 5 nitrogen and oxygen atoms in total. The van der Waals surface area contributed by atoms with Crippen molar-refractivity contribution in [3.05, 3.63) is 0 Å². The number of hydrogen-bond donors (Lipinski definition) is 2. The highest BCUT2D eigenvalue weighted by atomic mass is 19.4. The summed E-state index contributed by atoms with van der Waals surface area (Å²) < 4.78 is 37.1. The molecule has 1 heterocycles. The lowest BCUT2D eigenvalue weighted by atomic mass is 9.71. The number of alkyl halides is 3. The Bertz CT molecular complexity index is 380. The van der Waals surface area contributed by atoms with Gasteiger partial charge in [-0.3, -0.25) is 4.79 Å². The van der Waals surface area contributed by atoms with Gasteiger partial charge in [-0.2, -0.15) is 13.2 Å². The third kappa shape index (κ3) is 2.93. The highest BCUT2D eigenvalue weighted by molar-refractivity contribution is 5.87. The van der Waals surface area contributed by atoms with Gasteiger partial charge in [0.25, 0.3) is 0 Å². The molecular weight excluding hydrogens is 263 g/mol. The van der Waals surface area contributed by atoms with Crippen molar-refractivity contribution in [2.75, 3.05) is 13.1 Å². The summed E-state index contributed by atoms with van der Waals surface area (Å²) in [5, 5.41) is 2.60. The van der Waals surface area contributed by atoms with Crippen LogP contribution in [-0.4, -0.2) is 42.1 Å². The SMILES string of the molecule is NC(=O)N1CCNC(=O)C1C[C@H]1C[C@H](C(F)(F)F)C1. The van der Waals surface area contributed by atoms with Crippen molar-refractivity contribution >= 4 is 11.9 Å². The minimum atomic E-state index is -4.16. The first-order valence-electron chi connectivity index (χ1n) is 6.19. The predicted octanol–water partition coefficient (Wildman–Crippen LogP) is 0.844. The van der Waals surface area contributed by atoms with Crippen molar-refractivity contribution in [2.24, 2.45) is 17.6 Å². The van der Waals surface area contributed by atoms with E-state index in [1.807, 2.05) is 0 Å². The molecule has 3 N–H and O–H groups in total. The van der Waals surface area contributed by atoms with Crippen LogP contribution in [0.15, 0.2) is 0 Å². The molecule has 0 aromatic carbocycles. The van der Waals surface area contributed by atoms with Gasteiger partial charge in [-0.1, -0.05) is 0 Å². The quantitative estimate of drug-likeness (QED) is 0.786. The van der Waals surface area contributed by atoms with Crippen molar-refractivity contribution in [3.8, 4) is 0 Å². The molecule has 1 atom stereocenters. The molecule has 1 saturated heterocycles. The van der Waals surface area contributed by atoms with E-state index >= 15 is 0 Å². The zero-order chi connectivity index (χ0) is 14.2. The Balaban J connectivity index is 1.91. The smallest absolute Gasteiger partial charge is 0.353 e. The van der Waals surface area contributed by atoms with Crippen LogP contribution in [0.3, 0.4) is 0 Å². The zero-order valence-corrected chi connectivity index (χ0v) is 10.2. The van der Waals surface area contributed by atoms with Crippen LogP contribution in [-0.2, 0) is 4.79 Å². The molecule has 2 aliphatic rings. The standard InChI is InChI=1S/C11H16F3N3O2/c12-11(13,14)7-3-6(4-7)5-8-9(18)16-1-2-17(8)10(15)19/h6-8H,1-5H2,(H2,15,19)(H,16,18)/t6-,7-,8?. The molecule has 0 spiro atoms. The van der Waals surface area contributed by atoms with Crippen molar-refractivity contribution in [1.82, 2.24) is 10.2 Å². The molecule has 1 unspecified atom stereocenters. The Morgan fingerprint density at radius 3 is 2.58 bits per heavy atom. The fourth-order valence-electron chi connectivity index (χ4n) is 2.72. The number of urea groups is 1. The Morgan fingerprint density at radius 2 is 2.05 bits per heavy atom. The third-order valence-corrected chi connectivity index (χ3v) is 3.87. The Labute approximate surface area is 108 Å². The fourth-order valence-corrected chi connectivity index (χ4v) is 2.72. The van der Waals surface area contributed by atoms with E-state index in [2.05, 4.69) is 5.32 Å². The number of carbonyl (C=O) groups is 2. The monoisotopic (exact) mass is 279 g/mol. The van der Waals surface area contributed by atoms with Crippen LogP contribution in [0.4, 0.5) is 18.0 Å². The molecule has 1 aliphatic heterocycles. The number of halogens is 3. The maximum atomic E-state index is 12.4. The number of nitrogens with two attached hydrogens (primary N) is 1. The summed E-state index contributed by atoms with van der Waals surface area (Å²) in [5.41, 5.74) is 5.18. The van der Waals surface area contributed by atoms with Gasteiger partial charge in [-0.05, 0) is 25.2 Å². The van der Waals surface area contributed by atoms with Crippen LogP contribution in [0, 0.1) is 11.8 Å². The highest BCUT2D eigenvalue weighted by Crippen LogP contribution is 2.46.